The molecule has 0 saturated heterocycles. The van der Waals surface area contributed by atoms with Crippen LogP contribution in [-0.4, -0.2) is 157 Å². The molecule has 0 N–H and O–H groups in total. The van der Waals surface area contributed by atoms with Gasteiger partial charge in [0.05, 0.1) is 119 Å². The average molecular weight is 663 g/mol. The lowest BCUT2D eigenvalue weighted by molar-refractivity contribution is -0.122. The molecule has 0 bridgehead atoms. The summed E-state index contributed by atoms with van der Waals surface area (Å²) in [5, 5.41) is 0. The third-order valence-electron chi connectivity index (χ3n) is 5.39. The number of benzene rings is 1. The number of ether oxygens (including phenoxy) is 12. The maximum absolute atomic E-state index is 10.7. The molecule has 0 saturated carbocycles. The number of hydrogen-bond acceptors (Lipinski definition) is 14. The molecular weight excluding hydrogens is 608 g/mol. The average Bonchev–Trinajstić information content (AvgIpc) is 3.04. The smallest absolute Gasteiger partial charge is 0.155 e. The van der Waals surface area contributed by atoms with Gasteiger partial charge in [-0.05, 0) is 26.0 Å². The van der Waals surface area contributed by atoms with Gasteiger partial charge in [-0.15, -0.1) is 0 Å². The summed E-state index contributed by atoms with van der Waals surface area (Å²) in [5.74, 6) is 1.39. The minimum atomic E-state index is -0.00132. The Hall–Kier alpha value is -2.24. The van der Waals surface area contributed by atoms with Crippen molar-refractivity contribution in [2.24, 2.45) is 0 Å². The largest absolute Gasteiger partial charge is 0.491 e. The van der Waals surface area contributed by atoms with E-state index in [-0.39, 0.29) is 24.8 Å². The van der Waals surface area contributed by atoms with E-state index in [0.717, 1.165) is 0 Å². The molecule has 266 valence electrons. The van der Waals surface area contributed by atoms with Crippen molar-refractivity contribution in [3.63, 3.8) is 0 Å². The third-order valence-corrected chi connectivity index (χ3v) is 5.39. The fourth-order valence-electron chi connectivity index (χ4n) is 3.28. The van der Waals surface area contributed by atoms with Gasteiger partial charge in [0.15, 0.2) is 11.6 Å². The summed E-state index contributed by atoms with van der Waals surface area (Å²) >= 11 is 0. The molecule has 0 fully saturated rings. The molecular formula is C32H54O14. The molecule has 14 nitrogen and oxygen atoms in total. The van der Waals surface area contributed by atoms with E-state index in [1.165, 1.54) is 13.8 Å². The highest BCUT2D eigenvalue weighted by molar-refractivity contribution is 5.76. The van der Waals surface area contributed by atoms with Crippen LogP contribution in [0.4, 0.5) is 0 Å². The van der Waals surface area contributed by atoms with Gasteiger partial charge in [0.1, 0.15) is 37.9 Å². The fourth-order valence-corrected chi connectivity index (χ4v) is 3.28. The summed E-state index contributed by atoms with van der Waals surface area (Å²) in [4.78, 5) is 21.5. The van der Waals surface area contributed by atoms with Crippen molar-refractivity contribution in [3.05, 3.63) is 24.3 Å². The summed E-state index contributed by atoms with van der Waals surface area (Å²) in [6.45, 7) is 12.2. The van der Waals surface area contributed by atoms with Crippen molar-refractivity contribution in [1.29, 1.82) is 0 Å². The lowest BCUT2D eigenvalue weighted by Gasteiger charge is -2.11. The Morgan fingerprint density at radius 3 is 0.891 bits per heavy atom. The summed E-state index contributed by atoms with van der Waals surface area (Å²) < 4.78 is 65.2. The van der Waals surface area contributed by atoms with Crippen molar-refractivity contribution in [2.75, 3.05) is 145 Å². The molecule has 0 amide bonds. The molecule has 0 aliphatic carbocycles. The molecule has 0 spiro atoms. The highest BCUT2D eigenvalue weighted by atomic mass is 16.6. The van der Waals surface area contributed by atoms with Crippen molar-refractivity contribution in [1.82, 2.24) is 0 Å². The topological polar surface area (TPSA) is 145 Å². The Morgan fingerprint density at radius 1 is 0.391 bits per heavy atom. The number of rotatable bonds is 36. The zero-order chi connectivity index (χ0) is 33.2. The van der Waals surface area contributed by atoms with E-state index in [1.807, 2.05) is 24.3 Å². The Kier molecular flexibility index (Phi) is 29.7. The van der Waals surface area contributed by atoms with E-state index < -0.39 is 0 Å². The molecule has 1 aromatic carbocycles. The van der Waals surface area contributed by atoms with Gasteiger partial charge < -0.3 is 56.8 Å². The fraction of sp³-hybridized carbons (Fsp3) is 0.750. The maximum atomic E-state index is 10.7. The van der Waals surface area contributed by atoms with Gasteiger partial charge in [-0.25, -0.2) is 0 Å². The summed E-state index contributed by atoms with van der Waals surface area (Å²) in [6.07, 6.45) is 0. The minimum absolute atomic E-state index is 0.00132. The summed E-state index contributed by atoms with van der Waals surface area (Å²) in [6, 6.07) is 7.42. The van der Waals surface area contributed by atoms with Gasteiger partial charge >= 0.3 is 0 Å². The number of Topliss-reactive ketones (excluding diaryl/α,β-unsaturated/α-hetero) is 2. The first-order chi connectivity index (χ1) is 22.6. The number of ketones is 2. The van der Waals surface area contributed by atoms with Crippen LogP contribution in [-0.2, 0) is 57.0 Å². The highest BCUT2D eigenvalue weighted by Crippen LogP contribution is 2.19. The van der Waals surface area contributed by atoms with Gasteiger partial charge in [0.25, 0.3) is 0 Å². The van der Waals surface area contributed by atoms with Crippen molar-refractivity contribution in [2.45, 2.75) is 13.8 Å². The van der Waals surface area contributed by atoms with Crippen LogP contribution in [0, 0.1) is 0 Å². The molecule has 0 aliphatic heterocycles. The van der Waals surface area contributed by atoms with Crippen molar-refractivity contribution < 1.29 is 66.4 Å². The van der Waals surface area contributed by atoms with E-state index >= 15 is 0 Å². The van der Waals surface area contributed by atoms with Crippen LogP contribution in [0.25, 0.3) is 0 Å². The number of carbonyl (C=O) groups excluding carboxylic acids is 2. The second-order valence-corrected chi connectivity index (χ2v) is 9.58. The van der Waals surface area contributed by atoms with E-state index in [0.29, 0.717) is 144 Å². The van der Waals surface area contributed by atoms with Gasteiger partial charge in [0.2, 0.25) is 0 Å². The van der Waals surface area contributed by atoms with Crippen LogP contribution in [0.5, 0.6) is 11.5 Å². The summed E-state index contributed by atoms with van der Waals surface area (Å²) in [5.41, 5.74) is 0. The molecule has 0 aromatic heterocycles. The molecule has 46 heavy (non-hydrogen) atoms. The first-order valence-electron chi connectivity index (χ1n) is 15.7. The van der Waals surface area contributed by atoms with Crippen LogP contribution in [0.3, 0.4) is 0 Å². The summed E-state index contributed by atoms with van der Waals surface area (Å²) in [7, 11) is 0. The Labute approximate surface area is 273 Å². The number of hydrogen-bond donors (Lipinski definition) is 0. The predicted octanol–water partition coefficient (Wildman–Crippen LogP) is 1.79. The number of carbonyl (C=O) groups is 2. The standard InChI is InChI=1S/C32H54O14/c1-29(33)27-43-20-18-39-12-10-35-6-8-37-14-16-41-22-24-45-31-4-3-5-32(26-31)46-25-23-42-17-15-38-9-7-36-11-13-40-19-21-44-28-30(2)34/h3-5,26H,6-25,27-28H2,1-2H3. The van der Waals surface area contributed by atoms with Crippen molar-refractivity contribution >= 4 is 11.6 Å². The second kappa shape index (κ2) is 32.7. The minimum Gasteiger partial charge on any atom is -0.491 e. The van der Waals surface area contributed by atoms with Crippen LogP contribution in [0.2, 0.25) is 0 Å². The van der Waals surface area contributed by atoms with Gasteiger partial charge in [-0.2, -0.15) is 0 Å². The molecule has 1 aromatic rings. The van der Waals surface area contributed by atoms with E-state index in [9.17, 15) is 9.59 Å². The second-order valence-electron chi connectivity index (χ2n) is 9.58. The maximum Gasteiger partial charge on any atom is 0.155 e. The van der Waals surface area contributed by atoms with Crippen LogP contribution >= 0.6 is 0 Å². The van der Waals surface area contributed by atoms with E-state index in [2.05, 4.69) is 0 Å². The molecule has 0 heterocycles. The first-order valence-corrected chi connectivity index (χ1v) is 15.7. The Bertz CT molecular complexity index is 778. The van der Waals surface area contributed by atoms with E-state index in [1.54, 1.807) is 0 Å². The molecule has 14 heteroatoms. The molecule has 0 aliphatic rings. The Morgan fingerprint density at radius 2 is 0.630 bits per heavy atom. The van der Waals surface area contributed by atoms with Crippen LogP contribution < -0.4 is 9.47 Å². The van der Waals surface area contributed by atoms with Gasteiger partial charge in [0, 0.05) is 6.07 Å². The quantitative estimate of drug-likeness (QED) is 0.0963. The zero-order valence-electron chi connectivity index (χ0n) is 27.6. The molecule has 1 rings (SSSR count). The monoisotopic (exact) mass is 662 g/mol. The third kappa shape index (κ3) is 30.4. The molecule has 0 atom stereocenters. The van der Waals surface area contributed by atoms with Crippen LogP contribution in [0.15, 0.2) is 24.3 Å². The molecule has 0 radical (unpaired) electrons. The highest BCUT2D eigenvalue weighted by Gasteiger charge is 2.00. The first kappa shape index (κ1) is 41.8. The van der Waals surface area contributed by atoms with Gasteiger partial charge in [-0.3, -0.25) is 9.59 Å². The van der Waals surface area contributed by atoms with Gasteiger partial charge in [-0.1, -0.05) is 6.07 Å². The van der Waals surface area contributed by atoms with Crippen molar-refractivity contribution in [3.8, 4) is 11.5 Å². The lowest BCUT2D eigenvalue weighted by atomic mass is 10.3. The Balaban J connectivity index is 1.83. The SMILES string of the molecule is CC(=O)COCCOCCOCCOCCOCCOc1cccc(OCCOCCOCCOCCOCCOCC(C)=O)c1. The lowest BCUT2D eigenvalue weighted by Crippen LogP contribution is -2.15. The van der Waals surface area contributed by atoms with Crippen LogP contribution in [0.1, 0.15) is 13.8 Å². The van der Waals surface area contributed by atoms with E-state index in [4.69, 9.17) is 56.8 Å². The zero-order valence-corrected chi connectivity index (χ0v) is 27.6. The predicted molar refractivity (Wildman–Crippen MR) is 167 cm³/mol. The normalized spacial score (nSPS) is 11.2. The molecule has 0 unspecified atom stereocenters.